The molecule has 30 heavy (non-hydrogen) atoms. The summed E-state index contributed by atoms with van der Waals surface area (Å²) in [7, 11) is 0. The number of anilines is 1. The molecule has 1 aliphatic rings. The van der Waals surface area contributed by atoms with E-state index in [1.807, 2.05) is 6.07 Å². The van der Waals surface area contributed by atoms with Crippen molar-refractivity contribution in [1.29, 1.82) is 0 Å². The van der Waals surface area contributed by atoms with E-state index in [2.05, 4.69) is 22.1 Å². The molecule has 1 unspecified atom stereocenters. The third-order valence-corrected chi connectivity index (χ3v) is 4.64. The molecule has 0 aliphatic carbocycles. The monoisotopic (exact) mass is 407 g/mol. The van der Waals surface area contributed by atoms with E-state index in [4.69, 9.17) is 15.2 Å². The zero-order valence-electron chi connectivity index (χ0n) is 16.9. The van der Waals surface area contributed by atoms with E-state index in [-0.39, 0.29) is 11.9 Å². The summed E-state index contributed by atoms with van der Waals surface area (Å²) in [5.41, 5.74) is 7.17. The summed E-state index contributed by atoms with van der Waals surface area (Å²) in [6, 6.07) is 11.5. The predicted octanol–water partition coefficient (Wildman–Crippen LogP) is 2.35. The van der Waals surface area contributed by atoms with Gasteiger partial charge < -0.3 is 20.5 Å². The Hall–Kier alpha value is -3.21. The summed E-state index contributed by atoms with van der Waals surface area (Å²) in [5, 5.41) is 2.63. The fourth-order valence-electron chi connectivity index (χ4n) is 2.86. The van der Waals surface area contributed by atoms with Gasteiger partial charge in [0.05, 0.1) is 18.2 Å². The number of hydrogen-bond donors (Lipinski definition) is 2. The summed E-state index contributed by atoms with van der Waals surface area (Å²) in [4.78, 5) is 28.3. The Morgan fingerprint density at radius 3 is 2.77 bits per heavy atom. The van der Waals surface area contributed by atoms with E-state index in [1.165, 1.54) is 0 Å². The number of hydrogen-bond acceptors (Lipinski definition) is 6. The fourth-order valence-corrected chi connectivity index (χ4v) is 2.86. The Morgan fingerprint density at radius 2 is 2.00 bits per heavy atom. The first-order valence-corrected chi connectivity index (χ1v) is 9.92. The van der Waals surface area contributed by atoms with Gasteiger partial charge in [0.25, 0.3) is 0 Å². The van der Waals surface area contributed by atoms with Crippen LogP contribution >= 0.6 is 0 Å². The lowest BCUT2D eigenvalue weighted by atomic mass is 10.0. The maximum atomic E-state index is 12.4. The lowest BCUT2D eigenvalue weighted by Crippen LogP contribution is -2.32. The van der Waals surface area contributed by atoms with Gasteiger partial charge in [-0.3, -0.25) is 4.79 Å². The molecule has 0 saturated carbocycles. The van der Waals surface area contributed by atoms with Crippen LogP contribution in [0.3, 0.4) is 0 Å². The average Bonchev–Trinajstić information content (AvgIpc) is 2.77. The van der Waals surface area contributed by atoms with Crippen molar-refractivity contribution in [3.05, 3.63) is 59.3 Å². The summed E-state index contributed by atoms with van der Waals surface area (Å²) in [6.07, 6.45) is 1.82. The first-order chi connectivity index (χ1) is 14.5. The molecule has 1 aliphatic heterocycles. The van der Waals surface area contributed by atoms with Gasteiger partial charge in [-0.1, -0.05) is 18.1 Å². The Kier molecular flexibility index (Phi) is 7.55. The number of nitrogens with two attached hydrogens (primary N) is 1. The summed E-state index contributed by atoms with van der Waals surface area (Å²) < 4.78 is 10.8. The van der Waals surface area contributed by atoms with E-state index in [0.717, 1.165) is 26.1 Å². The van der Waals surface area contributed by atoms with Crippen LogP contribution in [0.4, 0.5) is 5.82 Å². The van der Waals surface area contributed by atoms with Gasteiger partial charge in [0, 0.05) is 18.8 Å². The third-order valence-electron chi connectivity index (χ3n) is 4.64. The number of aromatic nitrogens is 1. The lowest BCUT2D eigenvalue weighted by molar-refractivity contribution is -0.117. The van der Waals surface area contributed by atoms with Crippen molar-refractivity contribution in [1.82, 2.24) is 4.98 Å². The van der Waals surface area contributed by atoms with Gasteiger partial charge in [-0.2, -0.15) is 0 Å². The van der Waals surface area contributed by atoms with Crippen molar-refractivity contribution in [2.24, 2.45) is 11.7 Å². The lowest BCUT2D eigenvalue weighted by Gasteiger charge is -2.21. The van der Waals surface area contributed by atoms with Gasteiger partial charge in [-0.05, 0) is 61.9 Å². The Labute approximate surface area is 176 Å². The Bertz CT molecular complexity index is 956. The predicted molar refractivity (Wildman–Crippen MR) is 113 cm³/mol. The van der Waals surface area contributed by atoms with E-state index in [1.54, 1.807) is 43.3 Å². The molecule has 3 rings (SSSR count). The molecule has 0 radical (unpaired) electrons. The van der Waals surface area contributed by atoms with Gasteiger partial charge in [-0.15, -0.1) is 0 Å². The minimum absolute atomic E-state index is 0.320. The number of esters is 1. The molecule has 1 aromatic heterocycles. The molecule has 7 nitrogen and oxygen atoms in total. The molecule has 2 heterocycles. The number of pyridine rings is 1. The number of nitrogens with one attached hydrogen (secondary N) is 1. The highest BCUT2D eigenvalue weighted by molar-refractivity contribution is 5.93. The van der Waals surface area contributed by atoms with Crippen LogP contribution < -0.4 is 11.1 Å². The van der Waals surface area contributed by atoms with Gasteiger partial charge in [0.1, 0.15) is 11.5 Å². The van der Waals surface area contributed by atoms with Crippen molar-refractivity contribution in [2.45, 2.75) is 25.8 Å². The molecule has 1 aromatic carbocycles. The second kappa shape index (κ2) is 10.5. The molecule has 3 N–H and O–H groups in total. The quantitative estimate of drug-likeness (QED) is 0.583. The summed E-state index contributed by atoms with van der Waals surface area (Å²) in [5.74, 6) is 5.99. The number of rotatable bonds is 5. The highest BCUT2D eigenvalue weighted by Gasteiger charge is 2.16. The summed E-state index contributed by atoms with van der Waals surface area (Å²) >= 11 is 0. The van der Waals surface area contributed by atoms with Crippen LogP contribution in [-0.2, 0) is 14.3 Å². The number of nitrogens with zero attached hydrogens (tertiary/aromatic N) is 1. The highest BCUT2D eigenvalue weighted by atomic mass is 16.5. The van der Waals surface area contributed by atoms with E-state index >= 15 is 0 Å². The van der Waals surface area contributed by atoms with Crippen molar-refractivity contribution < 1.29 is 19.1 Å². The fraction of sp³-hybridized carbons (Fsp3) is 0.348. The van der Waals surface area contributed by atoms with Gasteiger partial charge >= 0.3 is 5.97 Å². The zero-order chi connectivity index (χ0) is 21.3. The van der Waals surface area contributed by atoms with Crippen LogP contribution in [0.2, 0.25) is 0 Å². The Morgan fingerprint density at radius 1 is 1.23 bits per heavy atom. The minimum atomic E-state index is -0.629. The van der Waals surface area contributed by atoms with Crippen LogP contribution in [0.15, 0.2) is 42.5 Å². The molecule has 1 fully saturated rings. The molecule has 0 spiro atoms. The van der Waals surface area contributed by atoms with Gasteiger partial charge in [0.15, 0.2) is 0 Å². The topological polar surface area (TPSA) is 104 Å². The number of carbonyl (C=O) groups excluding carboxylic acids is 2. The molecular formula is C23H25N3O4. The zero-order valence-corrected chi connectivity index (χ0v) is 16.9. The summed E-state index contributed by atoms with van der Waals surface area (Å²) in [6.45, 7) is 3.44. The van der Waals surface area contributed by atoms with Crippen molar-refractivity contribution in [3.8, 4) is 11.8 Å². The molecule has 2 aromatic rings. The molecular weight excluding hydrogens is 382 g/mol. The molecule has 1 amide bonds. The van der Waals surface area contributed by atoms with Crippen molar-refractivity contribution in [2.75, 3.05) is 25.1 Å². The number of carbonyl (C=O) groups is 2. The maximum absolute atomic E-state index is 12.4. The van der Waals surface area contributed by atoms with Crippen LogP contribution in [0, 0.1) is 17.8 Å². The highest BCUT2D eigenvalue weighted by Crippen LogP contribution is 2.16. The standard InChI is InChI=1S/C23H25N3O4/c1-16(24)22(27)26-21-7-3-6-20(25-21)9-8-17-4-2-5-19(14-17)23(28)30-15-18-10-12-29-13-11-18/h2-7,14,16,18H,10-13,15,24H2,1H3,(H,25,26,27). The first-order valence-electron chi connectivity index (χ1n) is 9.92. The second-order valence-corrected chi connectivity index (χ2v) is 7.17. The smallest absolute Gasteiger partial charge is 0.338 e. The number of ether oxygens (including phenoxy) is 2. The first kappa shape index (κ1) is 21.5. The molecule has 1 atom stereocenters. The average molecular weight is 407 g/mol. The van der Waals surface area contributed by atoms with E-state index in [9.17, 15) is 9.59 Å². The molecule has 7 heteroatoms. The third kappa shape index (κ3) is 6.41. The normalized spacial score (nSPS) is 14.9. The SMILES string of the molecule is CC(N)C(=O)Nc1cccc(C#Cc2cccc(C(=O)OCC3CCOCC3)c2)n1. The van der Waals surface area contributed by atoms with Crippen LogP contribution in [-0.4, -0.2) is 42.7 Å². The van der Waals surface area contributed by atoms with Crippen LogP contribution in [0.1, 0.15) is 41.4 Å². The van der Waals surface area contributed by atoms with E-state index in [0.29, 0.717) is 35.2 Å². The molecule has 156 valence electrons. The second-order valence-electron chi connectivity index (χ2n) is 7.17. The largest absolute Gasteiger partial charge is 0.462 e. The number of benzene rings is 1. The van der Waals surface area contributed by atoms with E-state index < -0.39 is 6.04 Å². The minimum Gasteiger partial charge on any atom is -0.462 e. The van der Waals surface area contributed by atoms with Crippen LogP contribution in [0.5, 0.6) is 0 Å². The van der Waals surface area contributed by atoms with Gasteiger partial charge in [-0.25, -0.2) is 9.78 Å². The molecule has 1 saturated heterocycles. The molecule has 0 bridgehead atoms. The van der Waals surface area contributed by atoms with Crippen molar-refractivity contribution >= 4 is 17.7 Å². The van der Waals surface area contributed by atoms with Crippen LogP contribution in [0.25, 0.3) is 0 Å². The Balaban J connectivity index is 1.63. The van der Waals surface area contributed by atoms with Gasteiger partial charge in [0.2, 0.25) is 5.91 Å². The number of amides is 1. The van der Waals surface area contributed by atoms with Crippen molar-refractivity contribution in [3.63, 3.8) is 0 Å². The maximum Gasteiger partial charge on any atom is 0.338 e.